The van der Waals surface area contributed by atoms with Crippen molar-refractivity contribution in [2.45, 2.75) is 39.0 Å². The summed E-state index contributed by atoms with van der Waals surface area (Å²) in [4.78, 5) is 23.5. The number of likely N-dealkylation sites (tertiary alicyclic amines) is 1. The third-order valence-electron chi connectivity index (χ3n) is 2.51. The molecular weight excluding hydrogens is 229 g/mol. The van der Waals surface area contributed by atoms with Crippen molar-refractivity contribution in [1.82, 2.24) is 4.90 Å². The second-order valence-corrected chi connectivity index (χ2v) is 5.18. The monoisotopic (exact) mass is 247 g/mol. The first-order valence-electron chi connectivity index (χ1n) is 5.55. The molecule has 2 atom stereocenters. The summed E-state index contributed by atoms with van der Waals surface area (Å²) in [6, 6.07) is 0. The van der Waals surface area contributed by atoms with Gasteiger partial charge in [-0.3, -0.25) is 4.79 Å². The number of amides is 1. The number of halogens is 1. The molecule has 0 aromatic carbocycles. The molecule has 1 aliphatic rings. The third-order valence-corrected chi connectivity index (χ3v) is 2.51. The molecule has 0 spiro atoms. The lowest BCUT2D eigenvalue weighted by Gasteiger charge is -2.34. The average Bonchev–Trinajstić information content (AvgIpc) is 2.14. The highest BCUT2D eigenvalue weighted by molar-refractivity contribution is 5.72. The number of piperidine rings is 1. The molecule has 1 fully saturated rings. The summed E-state index contributed by atoms with van der Waals surface area (Å²) in [7, 11) is 0. The normalized spacial score (nSPS) is 25.5. The molecule has 6 heteroatoms. The maximum Gasteiger partial charge on any atom is 0.410 e. The Bertz CT molecular complexity index is 313. The second kappa shape index (κ2) is 4.89. The van der Waals surface area contributed by atoms with Crippen LogP contribution in [0.3, 0.4) is 0 Å². The highest BCUT2D eigenvalue weighted by Gasteiger charge is 2.37. The van der Waals surface area contributed by atoms with Gasteiger partial charge in [0.2, 0.25) is 0 Å². The van der Waals surface area contributed by atoms with Gasteiger partial charge in [0.1, 0.15) is 11.8 Å². The molecule has 1 heterocycles. The molecule has 0 radical (unpaired) electrons. The summed E-state index contributed by atoms with van der Waals surface area (Å²) in [5, 5.41) is 8.75. The van der Waals surface area contributed by atoms with E-state index < -0.39 is 29.8 Å². The summed E-state index contributed by atoms with van der Waals surface area (Å²) in [6.45, 7) is 5.17. The van der Waals surface area contributed by atoms with E-state index in [9.17, 15) is 14.0 Å². The summed E-state index contributed by atoms with van der Waals surface area (Å²) in [6.07, 6.45) is -2.01. The minimum absolute atomic E-state index is 0.121. The minimum Gasteiger partial charge on any atom is -0.481 e. The quantitative estimate of drug-likeness (QED) is 0.765. The molecule has 1 amide bonds. The van der Waals surface area contributed by atoms with E-state index in [4.69, 9.17) is 9.84 Å². The second-order valence-electron chi connectivity index (χ2n) is 5.18. The van der Waals surface area contributed by atoms with Gasteiger partial charge >= 0.3 is 12.1 Å². The van der Waals surface area contributed by atoms with Crippen molar-refractivity contribution >= 4 is 12.1 Å². The average molecular weight is 247 g/mol. The van der Waals surface area contributed by atoms with Crippen molar-refractivity contribution < 1.29 is 23.8 Å². The van der Waals surface area contributed by atoms with Gasteiger partial charge < -0.3 is 14.7 Å². The highest BCUT2D eigenvalue weighted by Crippen LogP contribution is 2.22. The highest BCUT2D eigenvalue weighted by atomic mass is 19.1. The summed E-state index contributed by atoms with van der Waals surface area (Å²) in [5.41, 5.74) is -0.632. The molecule has 0 bridgehead atoms. The van der Waals surface area contributed by atoms with Crippen LogP contribution < -0.4 is 0 Å². The Morgan fingerprint density at radius 2 is 2.00 bits per heavy atom. The van der Waals surface area contributed by atoms with Gasteiger partial charge in [-0.1, -0.05) is 0 Å². The van der Waals surface area contributed by atoms with Crippen LogP contribution in [0.4, 0.5) is 9.18 Å². The van der Waals surface area contributed by atoms with Gasteiger partial charge in [-0.25, -0.2) is 9.18 Å². The number of ether oxygens (including phenoxy) is 1. The molecule has 17 heavy (non-hydrogen) atoms. The molecule has 1 N–H and O–H groups in total. The van der Waals surface area contributed by atoms with Crippen molar-refractivity contribution in [2.75, 3.05) is 13.1 Å². The molecule has 98 valence electrons. The van der Waals surface area contributed by atoms with E-state index in [1.807, 2.05) is 0 Å². The van der Waals surface area contributed by atoms with Crippen molar-refractivity contribution in [3.8, 4) is 0 Å². The largest absolute Gasteiger partial charge is 0.481 e. The summed E-state index contributed by atoms with van der Waals surface area (Å²) in [5.74, 6) is -2.17. The Morgan fingerprint density at radius 3 is 2.41 bits per heavy atom. The predicted molar refractivity (Wildman–Crippen MR) is 58.4 cm³/mol. The van der Waals surface area contributed by atoms with Crippen LogP contribution in [0.25, 0.3) is 0 Å². The SMILES string of the molecule is CC(C)(C)OC(=O)N1CC[C@H](C(=O)O)[C@@H](F)C1. The number of hydrogen-bond donors (Lipinski definition) is 1. The standard InChI is InChI=1S/C11H18FNO4/c1-11(2,3)17-10(16)13-5-4-7(9(14)15)8(12)6-13/h7-8H,4-6H2,1-3H3,(H,14,15)/t7-,8-/m0/s1. The number of aliphatic carboxylic acids is 1. The zero-order valence-corrected chi connectivity index (χ0v) is 10.3. The number of carboxylic acids is 1. The van der Waals surface area contributed by atoms with Crippen LogP contribution in [0.1, 0.15) is 27.2 Å². The van der Waals surface area contributed by atoms with Gasteiger partial charge in [-0.2, -0.15) is 0 Å². The number of hydrogen-bond acceptors (Lipinski definition) is 3. The summed E-state index contributed by atoms with van der Waals surface area (Å²) >= 11 is 0. The van der Waals surface area contributed by atoms with Gasteiger partial charge in [0.15, 0.2) is 0 Å². The first-order valence-corrected chi connectivity index (χ1v) is 5.55. The van der Waals surface area contributed by atoms with Gasteiger partial charge in [-0.05, 0) is 27.2 Å². The Labute approximate surface area is 99.5 Å². The lowest BCUT2D eigenvalue weighted by atomic mass is 9.95. The molecule has 1 aliphatic heterocycles. The number of carboxylic acid groups (broad SMARTS) is 1. The van der Waals surface area contributed by atoms with Crippen molar-refractivity contribution in [3.05, 3.63) is 0 Å². The van der Waals surface area contributed by atoms with Crippen molar-refractivity contribution in [1.29, 1.82) is 0 Å². The predicted octanol–water partition coefficient (Wildman–Crippen LogP) is 1.67. The fraction of sp³-hybridized carbons (Fsp3) is 0.818. The van der Waals surface area contributed by atoms with E-state index in [2.05, 4.69) is 0 Å². The number of carbonyl (C=O) groups is 2. The molecular formula is C11H18FNO4. The maximum absolute atomic E-state index is 13.5. The van der Waals surface area contributed by atoms with E-state index in [0.717, 1.165) is 0 Å². The number of alkyl halides is 1. The van der Waals surface area contributed by atoms with E-state index in [-0.39, 0.29) is 19.5 Å². The van der Waals surface area contributed by atoms with Crippen LogP contribution in [-0.4, -0.2) is 46.9 Å². The number of rotatable bonds is 1. The van der Waals surface area contributed by atoms with Gasteiger partial charge in [0.25, 0.3) is 0 Å². The molecule has 1 saturated heterocycles. The fourth-order valence-electron chi connectivity index (χ4n) is 1.68. The zero-order valence-electron chi connectivity index (χ0n) is 10.3. The van der Waals surface area contributed by atoms with Gasteiger partial charge in [0.05, 0.1) is 12.5 Å². The van der Waals surface area contributed by atoms with Crippen LogP contribution in [0.5, 0.6) is 0 Å². The Balaban J connectivity index is 2.55. The Morgan fingerprint density at radius 1 is 1.41 bits per heavy atom. The molecule has 0 saturated carbocycles. The molecule has 0 aromatic rings. The number of carbonyl (C=O) groups excluding carboxylic acids is 1. The lowest BCUT2D eigenvalue weighted by molar-refractivity contribution is -0.146. The first-order chi connectivity index (χ1) is 7.70. The Kier molecular flexibility index (Phi) is 3.95. The Hall–Kier alpha value is -1.33. The molecule has 1 rings (SSSR count). The third kappa shape index (κ3) is 3.87. The van der Waals surface area contributed by atoms with Gasteiger partial charge in [-0.15, -0.1) is 0 Å². The van der Waals surface area contributed by atoms with Crippen LogP contribution in [-0.2, 0) is 9.53 Å². The van der Waals surface area contributed by atoms with Crippen LogP contribution in [0, 0.1) is 5.92 Å². The smallest absolute Gasteiger partial charge is 0.410 e. The van der Waals surface area contributed by atoms with E-state index in [1.54, 1.807) is 20.8 Å². The minimum atomic E-state index is -1.53. The van der Waals surface area contributed by atoms with Crippen LogP contribution in [0.2, 0.25) is 0 Å². The first kappa shape index (κ1) is 13.7. The fourth-order valence-corrected chi connectivity index (χ4v) is 1.68. The van der Waals surface area contributed by atoms with Crippen LogP contribution >= 0.6 is 0 Å². The van der Waals surface area contributed by atoms with Crippen molar-refractivity contribution in [2.24, 2.45) is 5.92 Å². The molecule has 0 aromatic heterocycles. The topological polar surface area (TPSA) is 66.8 Å². The number of nitrogens with zero attached hydrogens (tertiary/aromatic N) is 1. The van der Waals surface area contributed by atoms with Crippen molar-refractivity contribution in [3.63, 3.8) is 0 Å². The molecule has 0 unspecified atom stereocenters. The van der Waals surface area contributed by atoms with E-state index in [0.29, 0.717) is 0 Å². The maximum atomic E-state index is 13.5. The zero-order chi connectivity index (χ0) is 13.2. The van der Waals surface area contributed by atoms with E-state index >= 15 is 0 Å². The molecule has 0 aliphatic carbocycles. The molecule has 5 nitrogen and oxygen atoms in total. The van der Waals surface area contributed by atoms with Gasteiger partial charge in [0, 0.05) is 6.54 Å². The van der Waals surface area contributed by atoms with E-state index in [1.165, 1.54) is 4.90 Å². The van der Waals surface area contributed by atoms with Crippen LogP contribution in [0.15, 0.2) is 0 Å². The summed E-state index contributed by atoms with van der Waals surface area (Å²) < 4.78 is 18.6. The lowest BCUT2D eigenvalue weighted by Crippen LogP contribution is -2.48.